The van der Waals surface area contributed by atoms with Crippen LogP contribution in [0.1, 0.15) is 51.4 Å². The first-order chi connectivity index (χ1) is 21.9. The highest BCUT2D eigenvalue weighted by Crippen LogP contribution is 2.17. The van der Waals surface area contributed by atoms with Crippen LogP contribution in [0.15, 0.2) is 48.5 Å². The summed E-state index contributed by atoms with van der Waals surface area (Å²) in [5.74, 6) is 0.816. The molecule has 0 aliphatic rings. The Morgan fingerprint density at radius 1 is 0.511 bits per heavy atom. The Bertz CT molecular complexity index is 1050. The Morgan fingerprint density at radius 3 is 1.29 bits per heavy atom. The van der Waals surface area contributed by atoms with Crippen LogP contribution in [0.5, 0.6) is 11.5 Å². The Hall–Kier alpha value is -4.52. The van der Waals surface area contributed by atoms with Crippen molar-refractivity contribution in [2.75, 3.05) is 64.5 Å². The van der Waals surface area contributed by atoms with Gasteiger partial charge in [-0.3, -0.25) is 20.2 Å². The largest absolute Gasteiger partial charge is 0.494 e. The van der Waals surface area contributed by atoms with Crippen molar-refractivity contribution in [2.45, 2.75) is 51.4 Å². The summed E-state index contributed by atoms with van der Waals surface area (Å²) in [7, 11) is 2.60. The third-order valence-corrected chi connectivity index (χ3v) is 6.14. The number of esters is 2. The summed E-state index contributed by atoms with van der Waals surface area (Å²) in [5.41, 5.74) is 1.22. The van der Waals surface area contributed by atoms with Crippen LogP contribution in [0.25, 0.3) is 0 Å². The lowest BCUT2D eigenvalue weighted by Crippen LogP contribution is -2.14. The number of anilines is 2. The zero-order valence-electron chi connectivity index (χ0n) is 26.0. The predicted octanol–water partition coefficient (Wildman–Crippen LogP) is 5.72. The van der Waals surface area contributed by atoms with Crippen LogP contribution in [0, 0.1) is 0 Å². The van der Waals surface area contributed by atoms with Gasteiger partial charge in [-0.05, 0) is 87.1 Å². The highest BCUT2D eigenvalue weighted by atomic mass is 16.6. The number of amides is 2. The van der Waals surface area contributed by atoms with Crippen molar-refractivity contribution in [1.82, 2.24) is 0 Å². The van der Waals surface area contributed by atoms with E-state index in [9.17, 15) is 19.2 Å². The molecule has 0 radical (unpaired) electrons. The minimum absolute atomic E-state index is 0.146. The summed E-state index contributed by atoms with van der Waals surface area (Å²) >= 11 is 0. The maximum absolute atomic E-state index is 11.9. The number of carbonyl (C=O) groups is 4. The molecule has 0 bridgehead atoms. The first-order valence-corrected chi connectivity index (χ1v) is 14.9. The topological polar surface area (TPSA) is 157 Å². The van der Waals surface area contributed by atoms with Gasteiger partial charge in [-0.15, -0.1) is 0 Å². The first-order valence-electron chi connectivity index (χ1n) is 14.9. The molecule has 2 N–H and O–H groups in total. The highest BCUT2D eigenvalue weighted by molar-refractivity contribution is 5.85. The first kappa shape index (κ1) is 36.7. The number of unbranched alkanes of at least 4 members (excludes halogenated alkanes) is 4. The van der Waals surface area contributed by atoms with Crippen LogP contribution in [0.3, 0.4) is 0 Å². The maximum Gasteiger partial charge on any atom is 0.411 e. The molecular weight excluding hydrogens is 588 g/mol. The summed E-state index contributed by atoms with van der Waals surface area (Å²) in [6.07, 6.45) is 4.19. The lowest BCUT2D eigenvalue weighted by molar-refractivity contribution is -0.146. The third-order valence-electron chi connectivity index (χ3n) is 6.14. The van der Waals surface area contributed by atoms with E-state index < -0.39 is 12.2 Å². The number of methoxy groups -OCH3 is 2. The van der Waals surface area contributed by atoms with Crippen molar-refractivity contribution in [3.8, 4) is 11.5 Å². The van der Waals surface area contributed by atoms with Gasteiger partial charge in [0.05, 0.1) is 40.6 Å². The number of carbonyl (C=O) groups excluding carboxylic acids is 4. The van der Waals surface area contributed by atoms with Crippen LogP contribution >= 0.6 is 0 Å². The van der Waals surface area contributed by atoms with E-state index >= 15 is 0 Å². The number of hydrogen-bond acceptors (Lipinski definition) is 11. The van der Waals surface area contributed by atoms with Crippen LogP contribution in [-0.2, 0) is 33.3 Å². The van der Waals surface area contributed by atoms with Gasteiger partial charge < -0.3 is 33.2 Å². The molecule has 13 nitrogen and oxygen atoms in total. The van der Waals surface area contributed by atoms with Crippen molar-refractivity contribution < 1.29 is 52.3 Å². The van der Waals surface area contributed by atoms with Crippen LogP contribution in [-0.4, -0.2) is 78.0 Å². The second-order valence-corrected chi connectivity index (χ2v) is 9.65. The predicted molar refractivity (Wildman–Crippen MR) is 166 cm³/mol. The Labute approximate surface area is 263 Å². The average molecular weight is 633 g/mol. The van der Waals surface area contributed by atoms with E-state index in [1.54, 1.807) is 48.5 Å². The lowest BCUT2D eigenvalue weighted by Gasteiger charge is -2.09. The number of ether oxygens (including phenoxy) is 7. The second kappa shape index (κ2) is 22.9. The van der Waals surface area contributed by atoms with E-state index in [0.29, 0.717) is 61.8 Å². The van der Waals surface area contributed by atoms with Gasteiger partial charge in [-0.1, -0.05) is 0 Å². The van der Waals surface area contributed by atoms with Gasteiger partial charge in [-0.2, -0.15) is 0 Å². The fourth-order valence-electron chi connectivity index (χ4n) is 3.76. The zero-order valence-corrected chi connectivity index (χ0v) is 26.0. The SMILES string of the molecule is COC(=O)Nc1ccc(OCCCCCC(=O)OCCOCCOC(=O)CCCCCOc2ccc(NC(=O)OC)cc2)cc1. The van der Waals surface area contributed by atoms with Gasteiger partial charge in [0.2, 0.25) is 0 Å². The van der Waals surface area contributed by atoms with Gasteiger partial charge in [-0.25, -0.2) is 9.59 Å². The molecule has 13 heteroatoms. The Morgan fingerprint density at radius 2 is 0.911 bits per heavy atom. The molecule has 2 aromatic carbocycles. The maximum atomic E-state index is 11.9. The van der Waals surface area contributed by atoms with E-state index in [4.69, 9.17) is 23.7 Å². The fraction of sp³-hybridized carbons (Fsp3) is 0.500. The van der Waals surface area contributed by atoms with Crippen molar-refractivity contribution >= 4 is 35.5 Å². The quantitative estimate of drug-likeness (QED) is 0.0929. The number of benzene rings is 2. The van der Waals surface area contributed by atoms with Gasteiger partial charge in [0.1, 0.15) is 24.7 Å². The molecule has 45 heavy (non-hydrogen) atoms. The van der Waals surface area contributed by atoms with Crippen LogP contribution in [0.2, 0.25) is 0 Å². The molecule has 2 amide bonds. The minimum Gasteiger partial charge on any atom is -0.494 e. The number of rotatable bonds is 22. The molecule has 0 spiro atoms. The molecule has 0 aliphatic carbocycles. The van der Waals surface area contributed by atoms with Gasteiger partial charge >= 0.3 is 24.1 Å². The van der Waals surface area contributed by atoms with Crippen molar-refractivity contribution in [3.63, 3.8) is 0 Å². The smallest absolute Gasteiger partial charge is 0.411 e. The molecule has 2 aromatic rings. The van der Waals surface area contributed by atoms with Gasteiger partial charge in [0, 0.05) is 24.2 Å². The van der Waals surface area contributed by atoms with Gasteiger partial charge in [0.25, 0.3) is 0 Å². The third kappa shape index (κ3) is 18.0. The van der Waals surface area contributed by atoms with Crippen LogP contribution in [0.4, 0.5) is 21.0 Å². The Kier molecular flexibility index (Phi) is 18.7. The van der Waals surface area contributed by atoms with E-state index in [0.717, 1.165) is 25.7 Å². The van der Waals surface area contributed by atoms with Crippen molar-refractivity contribution in [2.24, 2.45) is 0 Å². The molecule has 0 fully saturated rings. The molecule has 0 aromatic heterocycles. The normalized spacial score (nSPS) is 10.4. The molecule has 0 atom stereocenters. The molecule has 0 heterocycles. The molecule has 248 valence electrons. The van der Waals surface area contributed by atoms with Crippen molar-refractivity contribution in [3.05, 3.63) is 48.5 Å². The molecule has 0 saturated carbocycles. The standard InChI is InChI=1S/C32H44N2O11/c1-39-31(37)33-25-11-15-27(16-12-25)42-19-7-3-5-9-29(35)44-23-21-41-22-24-45-30(36)10-6-4-8-20-43-28-17-13-26(14-18-28)34-32(38)40-2/h11-18H,3-10,19-24H2,1-2H3,(H,33,37)(H,34,38). The average Bonchev–Trinajstić information content (AvgIpc) is 3.05. The molecule has 2 rings (SSSR count). The summed E-state index contributed by atoms with van der Waals surface area (Å²) in [5, 5.41) is 5.13. The molecular formula is C32H44N2O11. The van der Waals surface area contributed by atoms with Crippen LogP contribution < -0.4 is 20.1 Å². The van der Waals surface area contributed by atoms with E-state index in [2.05, 4.69) is 20.1 Å². The molecule has 0 unspecified atom stereocenters. The van der Waals surface area contributed by atoms with E-state index in [1.165, 1.54) is 14.2 Å². The number of hydrogen-bond donors (Lipinski definition) is 2. The fourth-order valence-corrected chi connectivity index (χ4v) is 3.76. The van der Waals surface area contributed by atoms with Crippen molar-refractivity contribution in [1.29, 1.82) is 0 Å². The van der Waals surface area contributed by atoms with E-state index in [-0.39, 0.29) is 38.4 Å². The molecule has 0 saturated heterocycles. The minimum atomic E-state index is -0.533. The highest BCUT2D eigenvalue weighted by Gasteiger charge is 2.06. The zero-order chi connectivity index (χ0) is 32.5. The lowest BCUT2D eigenvalue weighted by atomic mass is 10.2. The summed E-state index contributed by atoms with van der Waals surface area (Å²) in [4.78, 5) is 46.1. The summed E-state index contributed by atoms with van der Waals surface area (Å²) in [6, 6.07) is 13.9. The second-order valence-electron chi connectivity index (χ2n) is 9.65. The monoisotopic (exact) mass is 632 g/mol. The summed E-state index contributed by atoms with van der Waals surface area (Å²) in [6.45, 7) is 1.79. The summed E-state index contributed by atoms with van der Waals surface area (Å²) < 4.78 is 36.1. The van der Waals surface area contributed by atoms with E-state index in [1.807, 2.05) is 0 Å². The number of nitrogens with one attached hydrogen (secondary N) is 2. The molecule has 0 aliphatic heterocycles. The Balaban J connectivity index is 1.34. The van der Waals surface area contributed by atoms with Gasteiger partial charge in [0.15, 0.2) is 0 Å².